The summed E-state index contributed by atoms with van der Waals surface area (Å²) < 4.78 is 34.8. The highest BCUT2D eigenvalue weighted by Gasteiger charge is 2.38. The van der Waals surface area contributed by atoms with Gasteiger partial charge in [-0.15, -0.1) is 0 Å². The fraction of sp³-hybridized carbons (Fsp3) is 0.652. The van der Waals surface area contributed by atoms with Crippen LogP contribution in [0.15, 0.2) is 72.9 Å². The summed E-state index contributed by atoms with van der Waals surface area (Å²) in [6.07, 6.45) is 19.1. The number of rotatable bonds is 20. The number of ketones is 2. The van der Waals surface area contributed by atoms with Gasteiger partial charge in [-0.2, -0.15) is 0 Å². The van der Waals surface area contributed by atoms with Crippen molar-refractivity contribution in [3.05, 3.63) is 72.9 Å². The second-order valence-electron chi connectivity index (χ2n) is 15.3. The van der Waals surface area contributed by atoms with Gasteiger partial charge >= 0.3 is 11.9 Å². The second kappa shape index (κ2) is 26.5. The molecule has 0 aromatic rings. The lowest BCUT2D eigenvalue weighted by Gasteiger charge is -2.35. The minimum atomic E-state index is -0.660. The molecule has 0 saturated carbocycles. The van der Waals surface area contributed by atoms with Crippen molar-refractivity contribution in [2.45, 2.75) is 119 Å². The summed E-state index contributed by atoms with van der Waals surface area (Å²) in [5, 5.41) is 0. The molecule has 1 rings (SSSR count). The first-order valence-electron chi connectivity index (χ1n) is 20.2. The first kappa shape index (κ1) is 50.6. The molecule has 0 bridgehead atoms. The van der Waals surface area contributed by atoms with E-state index in [-0.39, 0.29) is 59.3 Å². The molecule has 0 amide bonds. The highest BCUT2D eigenvalue weighted by molar-refractivity contribution is 5.92. The van der Waals surface area contributed by atoms with Crippen molar-refractivity contribution in [3.8, 4) is 0 Å². The third-order valence-corrected chi connectivity index (χ3v) is 11.5. The van der Waals surface area contributed by atoms with Crippen LogP contribution in [0.1, 0.15) is 82.1 Å². The van der Waals surface area contributed by atoms with Crippen molar-refractivity contribution in [1.29, 1.82) is 0 Å². The fourth-order valence-electron chi connectivity index (χ4n) is 7.48. The molecule has 0 aromatic carbocycles. The smallest absolute Gasteiger partial charge is 0.331 e. The number of hydrogen-bond donors (Lipinski definition) is 0. The summed E-state index contributed by atoms with van der Waals surface area (Å²) in [5.41, 5.74) is 0. The van der Waals surface area contributed by atoms with Gasteiger partial charge in [0.1, 0.15) is 12.2 Å². The van der Waals surface area contributed by atoms with Gasteiger partial charge in [0.2, 0.25) is 0 Å². The normalized spacial score (nSPS) is 27.8. The van der Waals surface area contributed by atoms with E-state index >= 15 is 0 Å². The fourth-order valence-corrected chi connectivity index (χ4v) is 7.48. The molecule has 1 aliphatic rings. The summed E-state index contributed by atoms with van der Waals surface area (Å²) >= 11 is 0. The van der Waals surface area contributed by atoms with E-state index in [9.17, 15) is 19.2 Å². The zero-order valence-electron chi connectivity index (χ0n) is 36.5. The van der Waals surface area contributed by atoms with E-state index in [1.54, 1.807) is 64.9 Å². The Morgan fingerprint density at radius 2 is 0.946 bits per heavy atom. The molecule has 0 fully saturated rings. The molecule has 1 heterocycles. The molecule has 0 spiro atoms. The first-order chi connectivity index (χ1) is 26.5. The predicted octanol–water partition coefficient (Wildman–Crippen LogP) is 8.27. The van der Waals surface area contributed by atoms with Gasteiger partial charge in [-0.05, 0) is 38.8 Å². The van der Waals surface area contributed by atoms with Crippen LogP contribution in [0.3, 0.4) is 0 Å². The molecule has 0 aliphatic carbocycles. The van der Waals surface area contributed by atoms with Crippen molar-refractivity contribution in [3.63, 3.8) is 0 Å². The lowest BCUT2D eigenvalue weighted by atomic mass is 9.82. The summed E-state index contributed by atoms with van der Waals surface area (Å²) in [5.74, 6) is -3.51. The predicted molar refractivity (Wildman–Crippen MR) is 222 cm³/mol. The van der Waals surface area contributed by atoms with Gasteiger partial charge in [0.15, 0.2) is 11.6 Å². The zero-order chi connectivity index (χ0) is 42.5. The van der Waals surface area contributed by atoms with Crippen LogP contribution in [0.25, 0.3) is 0 Å². The zero-order valence-corrected chi connectivity index (χ0v) is 36.5. The van der Waals surface area contributed by atoms with Crippen LogP contribution >= 0.6 is 0 Å². The molecule has 10 heteroatoms. The van der Waals surface area contributed by atoms with E-state index in [4.69, 9.17) is 28.4 Å². The summed E-state index contributed by atoms with van der Waals surface area (Å²) in [4.78, 5) is 53.2. The minimum Gasteiger partial charge on any atom is -0.458 e. The van der Waals surface area contributed by atoms with Crippen LogP contribution in [0.2, 0.25) is 0 Å². The number of cyclic esters (lactones) is 2. The highest BCUT2D eigenvalue weighted by atomic mass is 16.6. The quantitative estimate of drug-likeness (QED) is 0.0881. The van der Waals surface area contributed by atoms with E-state index in [0.29, 0.717) is 0 Å². The van der Waals surface area contributed by atoms with Crippen molar-refractivity contribution >= 4 is 23.5 Å². The van der Waals surface area contributed by atoms with Crippen LogP contribution < -0.4 is 0 Å². The van der Waals surface area contributed by atoms with E-state index < -0.39 is 48.2 Å². The average molecular weight is 785 g/mol. The van der Waals surface area contributed by atoms with Gasteiger partial charge in [0.25, 0.3) is 0 Å². The third-order valence-electron chi connectivity index (χ3n) is 11.5. The van der Waals surface area contributed by atoms with E-state index in [2.05, 4.69) is 13.8 Å². The molecular weight excluding hydrogens is 712 g/mol. The molecule has 56 heavy (non-hydrogen) atoms. The number of carbonyl (C=O) groups is 4. The van der Waals surface area contributed by atoms with Gasteiger partial charge in [-0.3, -0.25) is 9.59 Å². The lowest BCUT2D eigenvalue weighted by Crippen LogP contribution is -2.42. The highest BCUT2D eigenvalue weighted by Crippen LogP contribution is 2.30. The van der Waals surface area contributed by atoms with Crippen LogP contribution in [-0.4, -0.2) is 88.6 Å². The molecule has 14 atom stereocenters. The molecule has 1 aliphatic heterocycles. The summed E-state index contributed by atoms with van der Waals surface area (Å²) in [6.45, 7) is 19.3. The molecule has 0 saturated heterocycles. The largest absolute Gasteiger partial charge is 0.458 e. The number of allylic oxidation sites excluding steroid dienone is 6. The van der Waals surface area contributed by atoms with Crippen molar-refractivity contribution in [2.24, 2.45) is 47.3 Å². The van der Waals surface area contributed by atoms with E-state index in [0.717, 1.165) is 12.8 Å². The number of hydrogen-bond acceptors (Lipinski definition) is 10. The second-order valence-corrected chi connectivity index (χ2v) is 15.3. The Kier molecular flexibility index (Phi) is 23.9. The number of ether oxygens (including phenoxy) is 6. The monoisotopic (exact) mass is 785 g/mol. The minimum absolute atomic E-state index is 0.0275. The maximum atomic E-state index is 13.3. The Hall–Kier alpha value is -3.44. The van der Waals surface area contributed by atoms with Gasteiger partial charge in [0.05, 0.1) is 24.4 Å². The Morgan fingerprint density at radius 3 is 1.23 bits per heavy atom. The van der Waals surface area contributed by atoms with Gasteiger partial charge < -0.3 is 28.4 Å². The van der Waals surface area contributed by atoms with Crippen LogP contribution in [0.5, 0.6) is 0 Å². The van der Waals surface area contributed by atoms with Crippen molar-refractivity contribution in [1.82, 2.24) is 0 Å². The Balaban J connectivity index is 3.35. The number of esters is 2. The SMILES string of the molecule is CCC(/C=C/C(=O)C(C)C(OC)C(C)C1OC(=O)/C=C\C=C\C(C)C(C(C)C(OC)C(C)C(=O)/C=C/C(CC)C(C)OC)OC(=O)/C=C/C=C\C1C)C(C)OC. The molecule has 10 nitrogen and oxygen atoms in total. The van der Waals surface area contributed by atoms with Crippen LogP contribution in [0, 0.1) is 47.3 Å². The van der Waals surface area contributed by atoms with E-state index in [1.807, 2.05) is 79.7 Å². The number of carbonyl (C=O) groups excluding carboxylic acids is 4. The summed E-state index contributed by atoms with van der Waals surface area (Å²) in [7, 11) is 6.42. The number of methoxy groups -OCH3 is 4. The van der Waals surface area contributed by atoms with Crippen molar-refractivity contribution in [2.75, 3.05) is 28.4 Å². The van der Waals surface area contributed by atoms with Gasteiger partial charge in [0, 0.05) is 87.9 Å². The van der Waals surface area contributed by atoms with Gasteiger partial charge in [-0.25, -0.2) is 9.59 Å². The Bertz CT molecular complexity index is 1290. The van der Waals surface area contributed by atoms with Crippen LogP contribution in [0.4, 0.5) is 0 Å². The first-order valence-corrected chi connectivity index (χ1v) is 20.2. The molecule has 0 radical (unpaired) electrons. The standard InChI is InChI=1S/C46H72O10/c1-15-37(35(9)51-11)25-27-39(47)31(5)45(53-13)33(7)43-29(3)21-17-19-24-42(50)56-44(30(4)22-18-20-23-41(49)55-43)34(8)46(54-14)32(6)40(48)28-26-38(16-2)36(10)52-12/h17-38,43-46H,15-16H2,1-14H3/b21-17-,22-18+,23-20-,24-19+,27-25+,28-26+. The maximum Gasteiger partial charge on any atom is 0.331 e. The molecule has 14 unspecified atom stereocenters. The molecule has 0 aromatic heterocycles. The Morgan fingerprint density at radius 1 is 0.607 bits per heavy atom. The lowest BCUT2D eigenvalue weighted by molar-refractivity contribution is -0.153. The van der Waals surface area contributed by atoms with Gasteiger partial charge in [-0.1, -0.05) is 104 Å². The van der Waals surface area contributed by atoms with E-state index in [1.165, 1.54) is 12.2 Å². The topological polar surface area (TPSA) is 124 Å². The molecular formula is C46H72O10. The summed E-state index contributed by atoms with van der Waals surface area (Å²) in [6, 6.07) is 0. The molecule has 0 N–H and O–H groups in total. The average Bonchev–Trinajstić information content (AvgIpc) is 3.18. The van der Waals surface area contributed by atoms with Crippen molar-refractivity contribution < 1.29 is 47.6 Å². The Labute approximate surface area is 337 Å². The van der Waals surface area contributed by atoms with Crippen LogP contribution in [-0.2, 0) is 47.6 Å². The third kappa shape index (κ3) is 15.8. The maximum absolute atomic E-state index is 13.3. The molecule has 316 valence electrons.